The lowest BCUT2D eigenvalue weighted by Crippen LogP contribution is -2.69. The van der Waals surface area contributed by atoms with E-state index in [1.54, 1.807) is 25.8 Å². The van der Waals surface area contributed by atoms with Crippen LogP contribution in [-0.2, 0) is 23.2 Å². The summed E-state index contributed by atoms with van der Waals surface area (Å²) in [6.45, 7) is 7.59. The molecule has 0 saturated carbocycles. The first-order valence-electron chi connectivity index (χ1n) is 7.12. The van der Waals surface area contributed by atoms with E-state index in [4.69, 9.17) is 0 Å². The summed E-state index contributed by atoms with van der Waals surface area (Å²) in [5.41, 5.74) is -0.930. The van der Waals surface area contributed by atoms with Crippen LogP contribution >= 0.6 is 0 Å². The molecule has 8 nitrogen and oxygen atoms in total. The van der Waals surface area contributed by atoms with Crippen LogP contribution in [0.25, 0.3) is 0 Å². The summed E-state index contributed by atoms with van der Waals surface area (Å²) in [6, 6.07) is -0.493. The Labute approximate surface area is 123 Å². The molecule has 1 N–H and O–H groups in total. The summed E-state index contributed by atoms with van der Waals surface area (Å²) in [7, 11) is 1.66. The number of aromatic nitrogens is 4. The Balaban J connectivity index is 2.29. The molecule has 2 rings (SSSR count). The molecule has 2 atom stereocenters. The number of hydrogen-bond donors (Lipinski definition) is 1. The molecule has 0 aliphatic carbocycles. The highest BCUT2D eigenvalue weighted by atomic mass is 16.2. The third kappa shape index (κ3) is 2.74. The Bertz CT molecular complexity index is 553. The maximum Gasteiger partial charge on any atom is 0.246 e. The molecule has 0 radical (unpaired) electrons. The molecular formula is C13H22N6O2. The predicted octanol–water partition coefficient (Wildman–Crippen LogP) is -0.138. The van der Waals surface area contributed by atoms with Gasteiger partial charge in [0.1, 0.15) is 11.6 Å². The van der Waals surface area contributed by atoms with E-state index < -0.39 is 11.6 Å². The fourth-order valence-corrected chi connectivity index (χ4v) is 2.37. The smallest absolute Gasteiger partial charge is 0.246 e. The van der Waals surface area contributed by atoms with E-state index in [-0.39, 0.29) is 24.3 Å². The van der Waals surface area contributed by atoms with Gasteiger partial charge < -0.3 is 10.2 Å². The minimum absolute atomic E-state index is 0.0786. The Morgan fingerprint density at radius 2 is 2.05 bits per heavy atom. The number of carbonyl (C=O) groups excluding carboxylic acids is 2. The summed E-state index contributed by atoms with van der Waals surface area (Å²) in [6.07, 6.45) is 0.814. The first kappa shape index (κ1) is 15.4. The molecule has 2 heterocycles. The molecule has 1 saturated heterocycles. The van der Waals surface area contributed by atoms with Crippen molar-refractivity contribution in [2.45, 2.75) is 52.2 Å². The number of nitrogens with zero attached hydrogens (tertiary/aromatic N) is 5. The van der Waals surface area contributed by atoms with E-state index in [1.807, 2.05) is 13.8 Å². The lowest BCUT2D eigenvalue weighted by atomic mass is 9.89. The van der Waals surface area contributed by atoms with Crippen LogP contribution in [0.2, 0.25) is 0 Å². The van der Waals surface area contributed by atoms with Gasteiger partial charge in [-0.2, -0.15) is 4.80 Å². The van der Waals surface area contributed by atoms with Crippen LogP contribution in [0, 0.1) is 5.92 Å². The van der Waals surface area contributed by atoms with Crippen molar-refractivity contribution in [3.8, 4) is 0 Å². The van der Waals surface area contributed by atoms with E-state index in [2.05, 4.69) is 20.7 Å². The second-order valence-corrected chi connectivity index (χ2v) is 6.02. The molecule has 1 aromatic heterocycles. The molecular weight excluding hydrogens is 272 g/mol. The largest absolute Gasteiger partial charge is 0.342 e. The molecule has 2 amide bonds. The quantitative estimate of drug-likeness (QED) is 0.834. The van der Waals surface area contributed by atoms with E-state index in [0.717, 1.165) is 6.42 Å². The zero-order chi connectivity index (χ0) is 15.8. The highest BCUT2D eigenvalue weighted by Crippen LogP contribution is 2.26. The molecule has 1 aliphatic heterocycles. The number of nitrogens with one attached hydrogen (secondary N) is 1. The van der Waals surface area contributed by atoms with Crippen molar-refractivity contribution in [3.05, 3.63) is 5.82 Å². The second kappa shape index (κ2) is 5.42. The van der Waals surface area contributed by atoms with Crippen LogP contribution in [-0.4, -0.2) is 48.5 Å². The fraction of sp³-hybridized carbons (Fsp3) is 0.769. The summed E-state index contributed by atoms with van der Waals surface area (Å²) in [5.74, 6) is 0.254. The van der Waals surface area contributed by atoms with Gasteiger partial charge in [0, 0.05) is 0 Å². The van der Waals surface area contributed by atoms with Crippen molar-refractivity contribution < 1.29 is 9.59 Å². The summed E-state index contributed by atoms with van der Waals surface area (Å²) in [4.78, 5) is 27.9. The molecule has 0 bridgehead atoms. The number of tetrazole rings is 1. The van der Waals surface area contributed by atoms with Crippen molar-refractivity contribution in [2.24, 2.45) is 13.0 Å². The monoisotopic (exact) mass is 294 g/mol. The van der Waals surface area contributed by atoms with Gasteiger partial charge in [-0.25, -0.2) is 0 Å². The molecule has 1 aliphatic rings. The topological polar surface area (TPSA) is 93.0 Å². The maximum atomic E-state index is 12.7. The fourth-order valence-electron chi connectivity index (χ4n) is 2.37. The minimum Gasteiger partial charge on any atom is -0.342 e. The van der Waals surface area contributed by atoms with Gasteiger partial charge >= 0.3 is 0 Å². The molecule has 1 aromatic rings. The van der Waals surface area contributed by atoms with Gasteiger partial charge in [-0.15, -0.1) is 10.2 Å². The van der Waals surface area contributed by atoms with Crippen molar-refractivity contribution >= 4 is 11.8 Å². The zero-order valence-corrected chi connectivity index (χ0v) is 13.1. The average Bonchev–Trinajstić information content (AvgIpc) is 2.84. The SMILES string of the molecule is CCC(C)C1NC(=O)C(C)(C)N(Cc2nnn(C)n2)C1=O. The average molecular weight is 294 g/mol. The Hall–Kier alpha value is -1.99. The van der Waals surface area contributed by atoms with Gasteiger partial charge in [0.05, 0.1) is 13.6 Å². The van der Waals surface area contributed by atoms with Gasteiger partial charge in [-0.3, -0.25) is 9.59 Å². The molecule has 2 unspecified atom stereocenters. The lowest BCUT2D eigenvalue weighted by Gasteiger charge is -2.45. The van der Waals surface area contributed by atoms with Crippen LogP contribution in [0.15, 0.2) is 0 Å². The number of piperazine rings is 1. The first-order valence-corrected chi connectivity index (χ1v) is 7.12. The van der Waals surface area contributed by atoms with E-state index in [0.29, 0.717) is 5.82 Å². The van der Waals surface area contributed by atoms with Crippen LogP contribution in [0.1, 0.15) is 39.9 Å². The molecule has 1 fully saturated rings. The lowest BCUT2D eigenvalue weighted by molar-refractivity contribution is -0.157. The number of carbonyl (C=O) groups is 2. The van der Waals surface area contributed by atoms with Gasteiger partial charge in [0.2, 0.25) is 11.8 Å². The normalized spacial score (nSPS) is 23.1. The van der Waals surface area contributed by atoms with Crippen LogP contribution in [0.4, 0.5) is 0 Å². The molecule has 116 valence electrons. The van der Waals surface area contributed by atoms with Gasteiger partial charge in [0.25, 0.3) is 0 Å². The number of rotatable bonds is 4. The zero-order valence-electron chi connectivity index (χ0n) is 13.1. The number of aryl methyl sites for hydroxylation is 1. The van der Waals surface area contributed by atoms with Crippen LogP contribution in [0.5, 0.6) is 0 Å². The second-order valence-electron chi connectivity index (χ2n) is 6.02. The predicted molar refractivity (Wildman–Crippen MR) is 74.8 cm³/mol. The maximum absolute atomic E-state index is 12.7. The first-order chi connectivity index (χ1) is 9.77. The summed E-state index contributed by atoms with van der Waals surface area (Å²) in [5, 5.41) is 14.6. The standard InChI is InChI=1S/C13H22N6O2/c1-6-8(2)10-11(20)19(13(3,4)12(21)14-10)7-9-15-17-18(5)16-9/h8,10H,6-7H2,1-5H3,(H,14,21). The number of hydrogen-bond acceptors (Lipinski definition) is 5. The van der Waals surface area contributed by atoms with E-state index >= 15 is 0 Å². The van der Waals surface area contributed by atoms with E-state index in [9.17, 15) is 9.59 Å². The van der Waals surface area contributed by atoms with Crippen molar-refractivity contribution in [1.29, 1.82) is 0 Å². The molecule has 0 aromatic carbocycles. The van der Waals surface area contributed by atoms with Gasteiger partial charge in [-0.1, -0.05) is 20.3 Å². The summed E-state index contributed by atoms with van der Waals surface area (Å²) >= 11 is 0. The van der Waals surface area contributed by atoms with Crippen LogP contribution in [0.3, 0.4) is 0 Å². The summed E-state index contributed by atoms with van der Waals surface area (Å²) < 4.78 is 0. The molecule has 21 heavy (non-hydrogen) atoms. The third-order valence-electron chi connectivity index (χ3n) is 4.11. The molecule has 8 heteroatoms. The Kier molecular flexibility index (Phi) is 3.97. The van der Waals surface area contributed by atoms with Crippen LogP contribution < -0.4 is 5.32 Å². The van der Waals surface area contributed by atoms with Crippen molar-refractivity contribution in [3.63, 3.8) is 0 Å². The molecule has 0 spiro atoms. The highest BCUT2D eigenvalue weighted by molar-refractivity contribution is 5.99. The van der Waals surface area contributed by atoms with Crippen molar-refractivity contribution in [1.82, 2.24) is 30.4 Å². The highest BCUT2D eigenvalue weighted by Gasteiger charge is 2.47. The van der Waals surface area contributed by atoms with E-state index in [1.165, 1.54) is 4.80 Å². The van der Waals surface area contributed by atoms with Crippen molar-refractivity contribution in [2.75, 3.05) is 0 Å². The third-order valence-corrected chi connectivity index (χ3v) is 4.11. The van der Waals surface area contributed by atoms with Gasteiger partial charge in [0.15, 0.2) is 5.82 Å². The Morgan fingerprint density at radius 1 is 1.38 bits per heavy atom. The Morgan fingerprint density at radius 3 is 2.57 bits per heavy atom. The minimum atomic E-state index is -0.930. The van der Waals surface area contributed by atoms with Gasteiger partial charge in [-0.05, 0) is 25.0 Å². The number of amides is 2.